The predicted octanol–water partition coefficient (Wildman–Crippen LogP) is 5.88. The zero-order valence-electron chi connectivity index (χ0n) is 14.6. The number of hydrogen-bond donors (Lipinski definition) is 1. The molecule has 0 unspecified atom stereocenters. The molecule has 0 saturated heterocycles. The lowest BCUT2D eigenvalue weighted by atomic mass is 10.0. The minimum absolute atomic E-state index is 0.556. The van der Waals surface area contributed by atoms with Crippen molar-refractivity contribution in [2.75, 3.05) is 0 Å². The highest BCUT2D eigenvalue weighted by atomic mass is 35.5. The van der Waals surface area contributed by atoms with Crippen LogP contribution in [0.4, 0.5) is 0 Å². The fourth-order valence-electron chi connectivity index (χ4n) is 2.98. The van der Waals surface area contributed by atoms with Crippen LogP contribution < -0.4 is 0 Å². The summed E-state index contributed by atoms with van der Waals surface area (Å²) in [5, 5.41) is 10.1. The number of rotatable bonds is 6. The molecule has 0 aliphatic heterocycles. The van der Waals surface area contributed by atoms with Crippen LogP contribution in [0.5, 0.6) is 0 Å². The molecule has 0 spiro atoms. The molecule has 1 N–H and O–H groups in total. The Kier molecular flexibility index (Phi) is 5.28. The van der Waals surface area contributed by atoms with Gasteiger partial charge in [-0.2, -0.15) is 15.0 Å². The topological polar surface area (TPSA) is 46.5 Å². The van der Waals surface area contributed by atoms with Crippen molar-refractivity contribution in [3.63, 3.8) is 0 Å². The smallest absolute Gasteiger partial charge is 0.113 e. The number of aromatic nitrogens is 4. The maximum Gasteiger partial charge on any atom is 0.113 e. The summed E-state index contributed by atoms with van der Waals surface area (Å²) < 4.78 is 0. The molecule has 27 heavy (non-hydrogen) atoms. The fraction of sp³-hybridized carbons (Fsp3) is 0.143. The van der Waals surface area contributed by atoms with E-state index >= 15 is 0 Å². The minimum Gasteiger partial charge on any atom is -0.367 e. The van der Waals surface area contributed by atoms with Crippen molar-refractivity contribution in [3.8, 4) is 22.4 Å². The molecule has 4 nitrogen and oxygen atoms in total. The second-order valence-electron chi connectivity index (χ2n) is 6.35. The van der Waals surface area contributed by atoms with E-state index in [1.165, 1.54) is 5.56 Å². The lowest BCUT2D eigenvalue weighted by Crippen LogP contribution is -2.03. The zero-order valence-corrected chi connectivity index (χ0v) is 16.1. The Morgan fingerprint density at radius 2 is 1.67 bits per heavy atom. The van der Waals surface area contributed by atoms with Crippen molar-refractivity contribution in [2.24, 2.45) is 0 Å². The SMILES string of the molecule is Clc1ccc(-c2ccc(-c3cnn(CCCc4cc[nH]c4)n3)cc2)cc1Cl. The summed E-state index contributed by atoms with van der Waals surface area (Å²) in [4.78, 5) is 4.83. The quantitative estimate of drug-likeness (QED) is 0.442. The van der Waals surface area contributed by atoms with Gasteiger partial charge in [-0.15, -0.1) is 0 Å². The lowest BCUT2D eigenvalue weighted by Gasteiger charge is -2.05. The highest BCUT2D eigenvalue weighted by molar-refractivity contribution is 6.42. The number of nitrogens with zero attached hydrogens (tertiary/aromatic N) is 3. The highest BCUT2D eigenvalue weighted by Crippen LogP contribution is 2.29. The average Bonchev–Trinajstić information content (AvgIpc) is 3.36. The number of H-pyrrole nitrogens is 1. The van der Waals surface area contributed by atoms with Gasteiger partial charge in [-0.3, -0.25) is 0 Å². The van der Waals surface area contributed by atoms with Crippen LogP contribution in [0.2, 0.25) is 10.0 Å². The molecule has 4 rings (SSSR count). The van der Waals surface area contributed by atoms with Gasteiger partial charge < -0.3 is 4.98 Å². The van der Waals surface area contributed by atoms with Gasteiger partial charge in [0.05, 0.1) is 22.8 Å². The molecule has 6 heteroatoms. The van der Waals surface area contributed by atoms with Crippen molar-refractivity contribution in [1.82, 2.24) is 20.0 Å². The lowest BCUT2D eigenvalue weighted by molar-refractivity contribution is 0.513. The first-order valence-corrected chi connectivity index (χ1v) is 9.52. The van der Waals surface area contributed by atoms with Gasteiger partial charge in [0.25, 0.3) is 0 Å². The normalized spacial score (nSPS) is 11.0. The first-order valence-electron chi connectivity index (χ1n) is 8.77. The Morgan fingerprint density at radius 1 is 0.889 bits per heavy atom. The van der Waals surface area contributed by atoms with Crippen LogP contribution in [0, 0.1) is 0 Å². The van der Waals surface area contributed by atoms with Crippen molar-refractivity contribution in [1.29, 1.82) is 0 Å². The van der Waals surface area contributed by atoms with Gasteiger partial charge in [-0.05, 0) is 47.7 Å². The van der Waals surface area contributed by atoms with Gasteiger partial charge in [0.15, 0.2) is 0 Å². The van der Waals surface area contributed by atoms with Gasteiger partial charge in [0, 0.05) is 18.0 Å². The van der Waals surface area contributed by atoms with Gasteiger partial charge in [0.1, 0.15) is 5.69 Å². The van der Waals surface area contributed by atoms with Gasteiger partial charge in [-0.25, -0.2) is 0 Å². The molecule has 2 aromatic heterocycles. The number of benzene rings is 2. The number of nitrogens with one attached hydrogen (secondary N) is 1. The molecule has 4 aromatic rings. The van der Waals surface area contributed by atoms with Gasteiger partial charge >= 0.3 is 0 Å². The number of hydrogen-bond acceptors (Lipinski definition) is 2. The summed E-state index contributed by atoms with van der Waals surface area (Å²) in [5.74, 6) is 0. The van der Waals surface area contributed by atoms with Crippen molar-refractivity contribution in [3.05, 3.63) is 82.7 Å². The average molecular weight is 397 g/mol. The van der Waals surface area contributed by atoms with Crippen LogP contribution in [-0.2, 0) is 13.0 Å². The van der Waals surface area contributed by atoms with Crippen molar-refractivity contribution in [2.45, 2.75) is 19.4 Å². The molecule has 0 saturated carbocycles. The van der Waals surface area contributed by atoms with Gasteiger partial charge in [0.2, 0.25) is 0 Å². The molecule has 2 heterocycles. The van der Waals surface area contributed by atoms with E-state index in [9.17, 15) is 0 Å². The van der Waals surface area contributed by atoms with E-state index in [-0.39, 0.29) is 0 Å². The standard InChI is InChI=1S/C21H18Cl2N4/c22-19-8-7-18(12-20(19)23)16-3-5-17(6-4-16)21-14-25-27(26-21)11-1-2-15-9-10-24-13-15/h3-10,12-14,24H,1-2,11H2. The van der Waals surface area contributed by atoms with Crippen LogP contribution in [-0.4, -0.2) is 20.0 Å². The second-order valence-corrected chi connectivity index (χ2v) is 7.17. The third kappa shape index (κ3) is 4.24. The zero-order chi connectivity index (χ0) is 18.6. The maximum absolute atomic E-state index is 6.11. The van der Waals surface area contributed by atoms with E-state index < -0.39 is 0 Å². The molecule has 2 aromatic carbocycles. The Hall–Kier alpha value is -2.56. The first-order chi connectivity index (χ1) is 13.2. The third-order valence-electron chi connectivity index (χ3n) is 4.46. The molecular weight excluding hydrogens is 379 g/mol. The number of aryl methyl sites for hydroxylation is 2. The third-order valence-corrected chi connectivity index (χ3v) is 5.20. The highest BCUT2D eigenvalue weighted by Gasteiger charge is 2.06. The molecule has 0 bridgehead atoms. The Balaban J connectivity index is 1.43. The predicted molar refractivity (Wildman–Crippen MR) is 110 cm³/mol. The molecule has 136 valence electrons. The maximum atomic E-state index is 6.11. The summed E-state index contributed by atoms with van der Waals surface area (Å²) >= 11 is 12.1. The molecular formula is C21H18Cl2N4. The molecule has 0 atom stereocenters. The van der Waals surface area contributed by atoms with E-state index in [0.29, 0.717) is 10.0 Å². The summed E-state index contributed by atoms with van der Waals surface area (Å²) in [6.45, 7) is 0.798. The molecule has 0 radical (unpaired) electrons. The summed E-state index contributed by atoms with van der Waals surface area (Å²) in [7, 11) is 0. The molecule has 0 aliphatic rings. The monoisotopic (exact) mass is 396 g/mol. The molecule has 0 aliphatic carbocycles. The van der Waals surface area contributed by atoms with E-state index in [0.717, 1.165) is 41.8 Å². The minimum atomic E-state index is 0.556. The van der Waals surface area contributed by atoms with Crippen LogP contribution in [0.25, 0.3) is 22.4 Å². The Labute approximate surface area is 167 Å². The van der Waals surface area contributed by atoms with Gasteiger partial charge in [-0.1, -0.05) is 53.5 Å². The van der Waals surface area contributed by atoms with Crippen molar-refractivity contribution >= 4 is 23.2 Å². The molecule has 0 fully saturated rings. The van der Waals surface area contributed by atoms with E-state index in [2.05, 4.69) is 33.4 Å². The summed E-state index contributed by atoms with van der Waals surface area (Å²) in [6.07, 6.45) is 7.80. The van der Waals surface area contributed by atoms with E-state index in [4.69, 9.17) is 23.2 Å². The fourth-order valence-corrected chi connectivity index (χ4v) is 3.28. The Morgan fingerprint density at radius 3 is 2.41 bits per heavy atom. The number of halogens is 2. The molecule has 0 amide bonds. The van der Waals surface area contributed by atoms with Crippen LogP contribution in [0.3, 0.4) is 0 Å². The van der Waals surface area contributed by atoms with Crippen molar-refractivity contribution < 1.29 is 0 Å². The second kappa shape index (κ2) is 7.99. The Bertz CT molecular complexity index is 1020. The van der Waals surface area contributed by atoms with Crippen LogP contribution in [0.1, 0.15) is 12.0 Å². The van der Waals surface area contributed by atoms with Crippen LogP contribution in [0.15, 0.2) is 67.1 Å². The summed E-state index contributed by atoms with van der Waals surface area (Å²) in [6, 6.07) is 15.9. The first kappa shape index (κ1) is 17.8. The summed E-state index contributed by atoms with van der Waals surface area (Å²) in [5.41, 5.74) is 5.33. The van der Waals surface area contributed by atoms with E-state index in [1.54, 1.807) is 4.80 Å². The van der Waals surface area contributed by atoms with E-state index in [1.807, 2.05) is 48.9 Å². The largest absolute Gasteiger partial charge is 0.367 e. The van der Waals surface area contributed by atoms with Crippen LogP contribution >= 0.6 is 23.2 Å². The number of aromatic amines is 1.